The minimum absolute atomic E-state index is 0.0141. The Morgan fingerprint density at radius 1 is 1.15 bits per heavy atom. The zero-order valence-corrected chi connectivity index (χ0v) is 22.4. The Hall–Kier alpha value is -3.33. The minimum atomic E-state index is -1.22. The first-order chi connectivity index (χ1) is 18.5. The van der Waals surface area contributed by atoms with Crippen LogP contribution in [0.5, 0.6) is 0 Å². The Bertz CT molecular complexity index is 1310. The molecule has 2 heterocycles. The number of likely N-dealkylation sites (tertiary alicyclic amines) is 1. The number of nitrogens with one attached hydrogen (secondary N) is 2. The first-order valence-electron chi connectivity index (χ1n) is 13.6. The number of benzene rings is 2. The zero-order chi connectivity index (χ0) is 27.9. The fourth-order valence-corrected chi connectivity index (χ4v) is 6.36. The van der Waals surface area contributed by atoms with E-state index in [9.17, 15) is 28.3 Å². The average molecular weight is 540 g/mol. The molecule has 0 saturated carbocycles. The van der Waals surface area contributed by atoms with E-state index < -0.39 is 35.1 Å². The molecule has 5 rings (SSSR count). The molecule has 3 aliphatic rings. The summed E-state index contributed by atoms with van der Waals surface area (Å²) in [5.74, 6) is -3.03. The average Bonchev–Trinajstić information content (AvgIpc) is 3.16. The number of hydrogen-bond donors (Lipinski definition) is 3. The van der Waals surface area contributed by atoms with Crippen molar-refractivity contribution in [3.8, 4) is 0 Å². The van der Waals surface area contributed by atoms with Crippen LogP contribution in [0.25, 0.3) is 0 Å². The Labute approximate surface area is 227 Å². The maximum atomic E-state index is 14.6. The SMILES string of the molecule is CC(C)(O)CN1C[C@H](c2cccc(F)c2F)CC[C@@H](NC(=O)c2ccc3c(c2)CCC2(CCNC2=O)C3)C1=O. The molecule has 208 valence electrons. The fraction of sp³-hybridized carbons (Fsp3) is 0.500. The van der Waals surface area contributed by atoms with Crippen LogP contribution in [0.2, 0.25) is 0 Å². The van der Waals surface area contributed by atoms with Crippen LogP contribution in [0.1, 0.15) is 72.5 Å². The van der Waals surface area contributed by atoms with Gasteiger partial charge in [-0.1, -0.05) is 18.2 Å². The van der Waals surface area contributed by atoms with Crippen LogP contribution in [-0.2, 0) is 22.4 Å². The van der Waals surface area contributed by atoms with Gasteiger partial charge in [0, 0.05) is 31.1 Å². The molecule has 9 heteroatoms. The number of aryl methyl sites for hydroxylation is 1. The van der Waals surface area contributed by atoms with Gasteiger partial charge in [-0.3, -0.25) is 14.4 Å². The summed E-state index contributed by atoms with van der Waals surface area (Å²) >= 11 is 0. The van der Waals surface area contributed by atoms with Crippen LogP contribution in [0.3, 0.4) is 0 Å². The molecule has 2 aromatic rings. The first-order valence-corrected chi connectivity index (χ1v) is 13.6. The predicted octanol–water partition coefficient (Wildman–Crippen LogP) is 3.24. The van der Waals surface area contributed by atoms with E-state index in [4.69, 9.17) is 0 Å². The van der Waals surface area contributed by atoms with Gasteiger partial charge >= 0.3 is 0 Å². The van der Waals surface area contributed by atoms with Gasteiger partial charge in [0.2, 0.25) is 11.8 Å². The highest BCUT2D eigenvalue weighted by molar-refractivity contribution is 5.98. The lowest BCUT2D eigenvalue weighted by molar-refractivity contribution is -0.135. The molecule has 3 atom stereocenters. The summed E-state index contributed by atoms with van der Waals surface area (Å²) in [5, 5.41) is 16.2. The molecule has 2 aliphatic heterocycles. The maximum absolute atomic E-state index is 14.6. The van der Waals surface area contributed by atoms with Gasteiger partial charge in [0.15, 0.2) is 11.6 Å². The summed E-state index contributed by atoms with van der Waals surface area (Å²) in [6.45, 7) is 3.93. The largest absolute Gasteiger partial charge is 0.389 e. The summed E-state index contributed by atoms with van der Waals surface area (Å²) in [6.07, 6.45) is 3.51. The molecule has 1 spiro atoms. The topological polar surface area (TPSA) is 98.7 Å². The monoisotopic (exact) mass is 539 g/mol. The van der Waals surface area contributed by atoms with Crippen LogP contribution < -0.4 is 10.6 Å². The van der Waals surface area contributed by atoms with E-state index in [-0.39, 0.29) is 42.3 Å². The molecular formula is C30H35F2N3O4. The van der Waals surface area contributed by atoms with E-state index in [1.807, 2.05) is 12.1 Å². The lowest BCUT2D eigenvalue weighted by Gasteiger charge is -2.32. The molecule has 7 nitrogen and oxygen atoms in total. The highest BCUT2D eigenvalue weighted by atomic mass is 19.2. The Morgan fingerprint density at radius 3 is 2.67 bits per heavy atom. The molecule has 39 heavy (non-hydrogen) atoms. The lowest BCUT2D eigenvalue weighted by atomic mass is 9.70. The number of amides is 3. The van der Waals surface area contributed by atoms with Crippen molar-refractivity contribution in [3.63, 3.8) is 0 Å². The van der Waals surface area contributed by atoms with E-state index in [0.29, 0.717) is 31.4 Å². The third kappa shape index (κ3) is 5.55. The second-order valence-electron chi connectivity index (χ2n) is 11.9. The van der Waals surface area contributed by atoms with Crippen molar-refractivity contribution in [2.24, 2.45) is 5.41 Å². The predicted molar refractivity (Wildman–Crippen MR) is 141 cm³/mol. The zero-order valence-electron chi connectivity index (χ0n) is 22.4. The van der Waals surface area contributed by atoms with Crippen LogP contribution in [0.15, 0.2) is 36.4 Å². The molecular weight excluding hydrogens is 504 g/mol. The summed E-state index contributed by atoms with van der Waals surface area (Å²) in [7, 11) is 0. The van der Waals surface area contributed by atoms with E-state index >= 15 is 0 Å². The molecule has 0 radical (unpaired) electrons. The number of carbonyl (C=O) groups is 3. The van der Waals surface area contributed by atoms with Crippen LogP contribution in [-0.4, -0.2) is 59.0 Å². The first kappa shape index (κ1) is 27.2. The van der Waals surface area contributed by atoms with Gasteiger partial charge in [-0.2, -0.15) is 0 Å². The molecule has 3 N–H and O–H groups in total. The molecule has 2 fully saturated rings. The third-order valence-corrected chi connectivity index (χ3v) is 8.40. The highest BCUT2D eigenvalue weighted by Crippen LogP contribution is 2.41. The number of rotatable bonds is 5. The number of fused-ring (bicyclic) bond motifs is 1. The lowest BCUT2D eigenvalue weighted by Crippen LogP contribution is -2.51. The Morgan fingerprint density at radius 2 is 1.95 bits per heavy atom. The second kappa shape index (κ2) is 10.3. The van der Waals surface area contributed by atoms with E-state index in [1.165, 1.54) is 17.0 Å². The van der Waals surface area contributed by atoms with E-state index in [2.05, 4.69) is 10.6 Å². The van der Waals surface area contributed by atoms with Gasteiger partial charge in [0.05, 0.1) is 11.0 Å². The van der Waals surface area contributed by atoms with Crippen LogP contribution in [0, 0.1) is 17.0 Å². The number of halogens is 2. The van der Waals surface area contributed by atoms with Crippen LogP contribution in [0.4, 0.5) is 8.78 Å². The van der Waals surface area contributed by atoms with Crippen molar-refractivity contribution in [1.82, 2.24) is 15.5 Å². The van der Waals surface area contributed by atoms with Gasteiger partial charge < -0.3 is 20.6 Å². The van der Waals surface area contributed by atoms with Gasteiger partial charge in [-0.25, -0.2) is 8.78 Å². The number of β-amino-alcohol motifs (C(OH)–C–C–N with tert-alkyl or cyclic N) is 1. The molecule has 1 aliphatic carbocycles. The van der Waals surface area contributed by atoms with Crippen molar-refractivity contribution in [2.45, 2.75) is 69.9 Å². The third-order valence-electron chi connectivity index (χ3n) is 8.40. The fourth-order valence-electron chi connectivity index (χ4n) is 6.36. The van der Waals surface area contributed by atoms with Crippen molar-refractivity contribution >= 4 is 17.7 Å². The van der Waals surface area contributed by atoms with Gasteiger partial charge in [0.1, 0.15) is 6.04 Å². The van der Waals surface area contributed by atoms with E-state index in [1.54, 1.807) is 19.9 Å². The van der Waals surface area contributed by atoms with Gasteiger partial charge in [-0.05, 0) is 87.3 Å². The Kier molecular flexibility index (Phi) is 7.22. The molecule has 0 aromatic heterocycles. The molecule has 2 aromatic carbocycles. The smallest absolute Gasteiger partial charge is 0.251 e. The summed E-state index contributed by atoms with van der Waals surface area (Å²) in [6, 6.07) is 8.60. The van der Waals surface area contributed by atoms with Crippen molar-refractivity contribution < 1.29 is 28.3 Å². The molecule has 0 bridgehead atoms. The number of carbonyl (C=O) groups excluding carboxylic acids is 3. The highest BCUT2D eigenvalue weighted by Gasteiger charge is 2.44. The van der Waals surface area contributed by atoms with E-state index in [0.717, 1.165) is 30.0 Å². The molecule has 2 saturated heterocycles. The minimum Gasteiger partial charge on any atom is -0.389 e. The Balaban J connectivity index is 1.34. The van der Waals surface area contributed by atoms with Crippen molar-refractivity contribution in [3.05, 3.63) is 70.3 Å². The quantitative estimate of drug-likeness (QED) is 0.544. The van der Waals surface area contributed by atoms with Gasteiger partial charge in [0.25, 0.3) is 5.91 Å². The molecule has 3 amide bonds. The van der Waals surface area contributed by atoms with Crippen molar-refractivity contribution in [2.75, 3.05) is 19.6 Å². The number of nitrogens with zero attached hydrogens (tertiary/aromatic N) is 1. The number of hydrogen-bond acceptors (Lipinski definition) is 4. The maximum Gasteiger partial charge on any atom is 0.251 e. The summed E-state index contributed by atoms with van der Waals surface area (Å²) in [5.41, 5.74) is 1.14. The summed E-state index contributed by atoms with van der Waals surface area (Å²) in [4.78, 5) is 40.7. The summed E-state index contributed by atoms with van der Waals surface area (Å²) < 4.78 is 28.6. The van der Waals surface area contributed by atoms with Crippen molar-refractivity contribution in [1.29, 1.82) is 0 Å². The normalized spacial score (nSPS) is 25.3. The second-order valence-corrected chi connectivity index (χ2v) is 11.9. The molecule has 1 unspecified atom stereocenters. The number of aliphatic hydroxyl groups is 1. The van der Waals surface area contributed by atoms with Crippen LogP contribution >= 0.6 is 0 Å². The standard InChI is InChI=1S/C30H35F2N3O4/c1-29(2,39)17-35-16-21(22-4-3-5-23(31)25(22)32)8-9-24(27(35)37)34-26(36)19-6-7-20-15-30(11-10-18(20)14-19)12-13-33-28(30)38/h3-7,14,21,24,39H,8-13,15-17H2,1-2H3,(H,33,38)(H,34,36)/t21-,24-,30?/m1/s1. The van der Waals surface area contributed by atoms with Gasteiger partial charge in [-0.15, -0.1) is 0 Å².